The molecule has 0 bridgehead atoms. The molecule has 2 rings (SSSR count). The highest BCUT2D eigenvalue weighted by atomic mass is 16.5. The average Bonchev–Trinajstić information content (AvgIpc) is 2.94. The molecule has 0 saturated heterocycles. The van der Waals surface area contributed by atoms with E-state index in [1.807, 2.05) is 12.1 Å². The Labute approximate surface area is 129 Å². The van der Waals surface area contributed by atoms with Crippen LogP contribution < -0.4 is 14.8 Å². The zero-order chi connectivity index (χ0) is 15.1. The summed E-state index contributed by atoms with van der Waals surface area (Å²) in [5, 5.41) is 3.68. The van der Waals surface area contributed by atoms with Gasteiger partial charge in [-0.1, -0.05) is 19.4 Å². The first-order valence-corrected chi connectivity index (χ1v) is 8.25. The zero-order valence-electron chi connectivity index (χ0n) is 13.7. The molecule has 1 aliphatic rings. The maximum absolute atomic E-state index is 5.94. The van der Waals surface area contributed by atoms with Gasteiger partial charge < -0.3 is 14.8 Å². The summed E-state index contributed by atoms with van der Waals surface area (Å²) in [6.07, 6.45) is 6.33. The van der Waals surface area contributed by atoms with Crippen LogP contribution in [0.15, 0.2) is 18.2 Å². The number of hydrogen-bond donors (Lipinski definition) is 1. The van der Waals surface area contributed by atoms with Crippen molar-refractivity contribution in [3.63, 3.8) is 0 Å². The molecule has 1 N–H and O–H groups in total. The lowest BCUT2D eigenvalue weighted by Gasteiger charge is -2.21. The molecule has 21 heavy (non-hydrogen) atoms. The maximum Gasteiger partial charge on any atom is 0.161 e. The third kappa shape index (κ3) is 4.63. The van der Waals surface area contributed by atoms with E-state index in [0.717, 1.165) is 37.0 Å². The fourth-order valence-electron chi connectivity index (χ4n) is 3.20. The Morgan fingerprint density at radius 3 is 2.86 bits per heavy atom. The molecule has 1 saturated carbocycles. The van der Waals surface area contributed by atoms with E-state index < -0.39 is 0 Å². The summed E-state index contributed by atoms with van der Waals surface area (Å²) >= 11 is 0. The predicted octanol–water partition coefficient (Wildman–Crippen LogP) is 3.94. The minimum absolute atomic E-state index is 0.688. The van der Waals surface area contributed by atoms with Crippen LogP contribution in [0.4, 0.5) is 0 Å². The highest BCUT2D eigenvalue weighted by molar-refractivity contribution is 5.42. The summed E-state index contributed by atoms with van der Waals surface area (Å²) in [6, 6.07) is 6.79. The Balaban J connectivity index is 1.81. The molecule has 0 heterocycles. The van der Waals surface area contributed by atoms with E-state index in [-0.39, 0.29) is 0 Å². The number of hydrogen-bond acceptors (Lipinski definition) is 3. The number of ether oxygens (including phenoxy) is 2. The second-order valence-corrected chi connectivity index (χ2v) is 6.04. The van der Waals surface area contributed by atoms with E-state index in [4.69, 9.17) is 9.47 Å². The number of benzene rings is 1. The highest BCUT2D eigenvalue weighted by Gasteiger charge is 2.26. The molecular weight excluding hydrogens is 262 g/mol. The smallest absolute Gasteiger partial charge is 0.161 e. The van der Waals surface area contributed by atoms with Crippen molar-refractivity contribution < 1.29 is 9.47 Å². The molecule has 0 aromatic heterocycles. The van der Waals surface area contributed by atoms with E-state index in [2.05, 4.69) is 25.2 Å². The van der Waals surface area contributed by atoms with E-state index in [9.17, 15) is 0 Å². The fraction of sp³-hybridized carbons (Fsp3) is 0.667. The molecule has 118 valence electrons. The molecule has 2 unspecified atom stereocenters. The number of nitrogens with one attached hydrogen (secondary N) is 1. The lowest BCUT2D eigenvalue weighted by Crippen LogP contribution is -2.33. The van der Waals surface area contributed by atoms with Crippen LogP contribution >= 0.6 is 0 Å². The Morgan fingerprint density at radius 1 is 1.24 bits per heavy atom. The van der Waals surface area contributed by atoms with Crippen LogP contribution in [-0.2, 0) is 0 Å². The fourth-order valence-corrected chi connectivity index (χ4v) is 3.20. The molecule has 0 spiro atoms. The predicted molar refractivity (Wildman–Crippen MR) is 87.3 cm³/mol. The molecule has 2 atom stereocenters. The van der Waals surface area contributed by atoms with Gasteiger partial charge in [0.2, 0.25) is 0 Å². The largest absolute Gasteiger partial charge is 0.493 e. The van der Waals surface area contributed by atoms with Crippen LogP contribution in [0.25, 0.3) is 0 Å². The van der Waals surface area contributed by atoms with Gasteiger partial charge in [-0.3, -0.25) is 0 Å². The van der Waals surface area contributed by atoms with E-state index in [1.54, 1.807) is 7.11 Å². The summed E-state index contributed by atoms with van der Waals surface area (Å²) in [5.41, 5.74) is 1.19. The topological polar surface area (TPSA) is 30.5 Å². The standard InChI is InChI=1S/C18H29NO2/c1-4-11-19-16-7-5-6-15(16)10-12-21-17-9-8-14(2)13-18(17)20-3/h8-9,13,15-16,19H,4-7,10-12H2,1-3H3. The van der Waals surface area contributed by atoms with Crippen molar-refractivity contribution in [1.29, 1.82) is 0 Å². The van der Waals surface area contributed by atoms with Crippen molar-refractivity contribution in [2.45, 2.75) is 52.0 Å². The summed E-state index contributed by atoms with van der Waals surface area (Å²) in [5.74, 6) is 2.45. The molecule has 1 aromatic rings. The van der Waals surface area contributed by atoms with E-state index in [1.165, 1.54) is 31.2 Å². The first-order chi connectivity index (χ1) is 10.2. The third-order valence-electron chi connectivity index (χ3n) is 4.38. The quantitative estimate of drug-likeness (QED) is 0.787. The monoisotopic (exact) mass is 291 g/mol. The summed E-state index contributed by atoms with van der Waals surface area (Å²) in [6.45, 7) is 6.20. The molecular formula is C18H29NO2. The molecule has 0 aliphatic heterocycles. The Hall–Kier alpha value is -1.22. The van der Waals surface area contributed by atoms with Crippen LogP contribution in [0, 0.1) is 12.8 Å². The molecule has 1 fully saturated rings. The molecule has 0 radical (unpaired) electrons. The number of rotatable bonds is 8. The normalized spacial score (nSPS) is 21.5. The Morgan fingerprint density at radius 2 is 2.10 bits per heavy atom. The summed E-state index contributed by atoms with van der Waals surface area (Å²) in [7, 11) is 1.70. The first kappa shape index (κ1) is 16.2. The van der Waals surface area contributed by atoms with E-state index in [0.29, 0.717) is 6.04 Å². The highest BCUT2D eigenvalue weighted by Crippen LogP contribution is 2.31. The average molecular weight is 291 g/mol. The van der Waals surface area contributed by atoms with Gasteiger partial charge in [-0.25, -0.2) is 0 Å². The van der Waals surface area contributed by atoms with Gasteiger partial charge >= 0.3 is 0 Å². The molecule has 0 amide bonds. The van der Waals surface area contributed by atoms with Gasteiger partial charge in [0, 0.05) is 6.04 Å². The van der Waals surface area contributed by atoms with Crippen LogP contribution in [0.2, 0.25) is 0 Å². The van der Waals surface area contributed by atoms with Crippen molar-refractivity contribution in [3.05, 3.63) is 23.8 Å². The molecule has 1 aromatic carbocycles. The Bertz CT molecular complexity index is 433. The molecule has 1 aliphatic carbocycles. The number of aryl methyl sites for hydroxylation is 1. The summed E-state index contributed by atoms with van der Waals surface area (Å²) in [4.78, 5) is 0. The lowest BCUT2D eigenvalue weighted by molar-refractivity contribution is 0.250. The minimum Gasteiger partial charge on any atom is -0.493 e. The van der Waals surface area contributed by atoms with Crippen molar-refractivity contribution in [1.82, 2.24) is 5.32 Å². The SMILES string of the molecule is CCCNC1CCCC1CCOc1ccc(C)cc1OC. The zero-order valence-corrected chi connectivity index (χ0v) is 13.7. The van der Waals surface area contributed by atoms with Gasteiger partial charge in [-0.05, 0) is 62.8 Å². The Kier molecular flexibility index (Phi) is 6.37. The maximum atomic E-state index is 5.94. The van der Waals surface area contributed by atoms with Crippen LogP contribution in [0.3, 0.4) is 0 Å². The van der Waals surface area contributed by atoms with Gasteiger partial charge in [0.05, 0.1) is 13.7 Å². The van der Waals surface area contributed by atoms with Gasteiger partial charge in [0.1, 0.15) is 0 Å². The van der Waals surface area contributed by atoms with Gasteiger partial charge in [-0.15, -0.1) is 0 Å². The van der Waals surface area contributed by atoms with Crippen molar-refractivity contribution in [2.24, 2.45) is 5.92 Å². The first-order valence-electron chi connectivity index (χ1n) is 8.25. The van der Waals surface area contributed by atoms with Gasteiger partial charge in [0.15, 0.2) is 11.5 Å². The minimum atomic E-state index is 0.688. The van der Waals surface area contributed by atoms with E-state index >= 15 is 0 Å². The number of methoxy groups -OCH3 is 1. The van der Waals surface area contributed by atoms with Gasteiger partial charge in [-0.2, -0.15) is 0 Å². The third-order valence-corrected chi connectivity index (χ3v) is 4.38. The van der Waals surface area contributed by atoms with Gasteiger partial charge in [0.25, 0.3) is 0 Å². The molecule has 3 nitrogen and oxygen atoms in total. The lowest BCUT2D eigenvalue weighted by atomic mass is 10.00. The summed E-state index contributed by atoms with van der Waals surface area (Å²) < 4.78 is 11.3. The van der Waals surface area contributed by atoms with Crippen molar-refractivity contribution >= 4 is 0 Å². The van der Waals surface area contributed by atoms with Crippen LogP contribution in [0.5, 0.6) is 11.5 Å². The molecule has 3 heteroatoms. The van der Waals surface area contributed by atoms with Crippen molar-refractivity contribution in [3.8, 4) is 11.5 Å². The van der Waals surface area contributed by atoms with Crippen LogP contribution in [-0.4, -0.2) is 26.3 Å². The van der Waals surface area contributed by atoms with Crippen LogP contribution in [0.1, 0.15) is 44.6 Å². The second-order valence-electron chi connectivity index (χ2n) is 6.04. The second kappa shape index (κ2) is 8.28. The van der Waals surface area contributed by atoms with Crippen molar-refractivity contribution in [2.75, 3.05) is 20.3 Å².